The molecule has 1 N–H and O–H groups in total. The van der Waals surface area contributed by atoms with Crippen LogP contribution in [0.15, 0.2) is 24.3 Å². The number of hydrogen-bond acceptors (Lipinski definition) is 7. The molecule has 2 aromatic rings. The molecule has 156 valence electrons. The average Bonchev–Trinajstić information content (AvgIpc) is 2.74. The summed E-state index contributed by atoms with van der Waals surface area (Å²) >= 11 is 12.4. The van der Waals surface area contributed by atoms with Crippen LogP contribution in [0.3, 0.4) is 0 Å². The molecular formula is C20H24Cl2N4O3. The molecule has 3 rings (SSSR count). The fourth-order valence-corrected chi connectivity index (χ4v) is 3.74. The normalized spacial score (nSPS) is 14.5. The second kappa shape index (κ2) is 10.1. The third-order valence-corrected chi connectivity index (χ3v) is 5.25. The largest absolute Gasteiger partial charge is 0.492 e. The Morgan fingerprint density at radius 2 is 2.00 bits per heavy atom. The Morgan fingerprint density at radius 1 is 1.24 bits per heavy atom. The van der Waals surface area contributed by atoms with Crippen molar-refractivity contribution in [1.29, 1.82) is 0 Å². The number of benzene rings is 1. The first kappa shape index (κ1) is 21.6. The van der Waals surface area contributed by atoms with Gasteiger partial charge in [0.2, 0.25) is 5.28 Å². The number of nitrogens with zero attached hydrogens (tertiary/aromatic N) is 3. The van der Waals surface area contributed by atoms with Gasteiger partial charge in [-0.05, 0) is 62.2 Å². The van der Waals surface area contributed by atoms with Crippen LogP contribution >= 0.6 is 23.2 Å². The van der Waals surface area contributed by atoms with E-state index in [4.69, 9.17) is 32.7 Å². The predicted octanol–water partition coefficient (Wildman–Crippen LogP) is 3.73. The second-order valence-electron chi connectivity index (χ2n) is 6.68. The zero-order valence-electron chi connectivity index (χ0n) is 16.5. The lowest BCUT2D eigenvalue weighted by atomic mass is 10.0. The standard InChI is InChI=1S/C20H24Cl2N4O3/c1-3-29-17-10-13(4-5-15(17)21)12-26(14-6-8-23-9-7-14)18-11-16(19(27)28-2)24-20(22)25-18/h4-5,10-11,14,23H,3,6-9,12H2,1-2H3. The Bertz CT molecular complexity index is 860. The lowest BCUT2D eigenvalue weighted by Gasteiger charge is -2.36. The topological polar surface area (TPSA) is 76.6 Å². The van der Waals surface area contributed by atoms with E-state index < -0.39 is 5.97 Å². The van der Waals surface area contributed by atoms with E-state index in [1.54, 1.807) is 6.07 Å². The van der Waals surface area contributed by atoms with E-state index in [2.05, 4.69) is 20.2 Å². The van der Waals surface area contributed by atoms with Gasteiger partial charge in [-0.3, -0.25) is 0 Å². The number of aromatic nitrogens is 2. The van der Waals surface area contributed by atoms with Gasteiger partial charge in [0, 0.05) is 18.7 Å². The summed E-state index contributed by atoms with van der Waals surface area (Å²) in [6, 6.07) is 7.58. The molecule has 1 aromatic carbocycles. The van der Waals surface area contributed by atoms with Crippen LogP contribution in [-0.2, 0) is 11.3 Å². The van der Waals surface area contributed by atoms with Gasteiger partial charge in [-0.25, -0.2) is 14.8 Å². The number of anilines is 1. The van der Waals surface area contributed by atoms with Gasteiger partial charge in [-0.2, -0.15) is 0 Å². The van der Waals surface area contributed by atoms with Crippen LogP contribution in [0.2, 0.25) is 10.3 Å². The van der Waals surface area contributed by atoms with Crippen molar-refractivity contribution in [2.24, 2.45) is 0 Å². The Labute approximate surface area is 180 Å². The number of piperidine rings is 1. The third-order valence-electron chi connectivity index (χ3n) is 4.77. The zero-order valence-corrected chi connectivity index (χ0v) is 18.0. The fourth-order valence-electron chi connectivity index (χ4n) is 3.39. The summed E-state index contributed by atoms with van der Waals surface area (Å²) in [6.45, 7) is 4.84. The van der Waals surface area contributed by atoms with Crippen molar-refractivity contribution >= 4 is 35.0 Å². The van der Waals surface area contributed by atoms with E-state index in [1.807, 2.05) is 25.1 Å². The molecule has 0 spiro atoms. The number of rotatable bonds is 7. The highest BCUT2D eigenvalue weighted by atomic mass is 35.5. The maximum Gasteiger partial charge on any atom is 0.356 e. The maximum absolute atomic E-state index is 12.0. The number of nitrogens with one attached hydrogen (secondary N) is 1. The predicted molar refractivity (Wildman–Crippen MR) is 113 cm³/mol. The smallest absolute Gasteiger partial charge is 0.356 e. The van der Waals surface area contributed by atoms with Crippen LogP contribution in [0.4, 0.5) is 5.82 Å². The van der Waals surface area contributed by atoms with Gasteiger partial charge in [0.25, 0.3) is 0 Å². The van der Waals surface area contributed by atoms with E-state index in [0.29, 0.717) is 29.7 Å². The van der Waals surface area contributed by atoms with Gasteiger partial charge >= 0.3 is 5.97 Å². The van der Waals surface area contributed by atoms with E-state index in [-0.39, 0.29) is 17.0 Å². The molecule has 1 saturated heterocycles. The van der Waals surface area contributed by atoms with Gasteiger partial charge in [-0.15, -0.1) is 0 Å². The fraction of sp³-hybridized carbons (Fsp3) is 0.450. The Morgan fingerprint density at radius 3 is 2.69 bits per heavy atom. The van der Waals surface area contributed by atoms with Crippen LogP contribution in [0.1, 0.15) is 35.8 Å². The van der Waals surface area contributed by atoms with E-state index >= 15 is 0 Å². The molecule has 1 aromatic heterocycles. The summed E-state index contributed by atoms with van der Waals surface area (Å²) < 4.78 is 10.4. The molecule has 9 heteroatoms. The van der Waals surface area contributed by atoms with Crippen molar-refractivity contribution in [3.8, 4) is 5.75 Å². The molecule has 0 saturated carbocycles. The first-order valence-corrected chi connectivity index (χ1v) is 10.3. The molecule has 0 amide bonds. The molecule has 1 fully saturated rings. The van der Waals surface area contributed by atoms with Crippen LogP contribution in [-0.4, -0.2) is 48.8 Å². The molecule has 29 heavy (non-hydrogen) atoms. The minimum atomic E-state index is -0.550. The second-order valence-corrected chi connectivity index (χ2v) is 7.42. The Kier molecular flexibility index (Phi) is 7.52. The van der Waals surface area contributed by atoms with E-state index in [1.165, 1.54) is 7.11 Å². The van der Waals surface area contributed by atoms with Crippen LogP contribution in [0, 0.1) is 0 Å². The van der Waals surface area contributed by atoms with Crippen LogP contribution in [0.25, 0.3) is 0 Å². The van der Waals surface area contributed by atoms with Crippen molar-refractivity contribution in [1.82, 2.24) is 15.3 Å². The number of methoxy groups -OCH3 is 1. The van der Waals surface area contributed by atoms with Crippen molar-refractivity contribution in [3.05, 3.63) is 45.8 Å². The number of carbonyl (C=O) groups is 1. The Hall–Kier alpha value is -2.09. The number of hydrogen-bond donors (Lipinski definition) is 1. The number of ether oxygens (including phenoxy) is 2. The molecule has 0 unspecified atom stereocenters. The average molecular weight is 439 g/mol. The molecule has 1 aliphatic rings. The van der Waals surface area contributed by atoms with Crippen molar-refractivity contribution in [3.63, 3.8) is 0 Å². The molecule has 7 nitrogen and oxygen atoms in total. The van der Waals surface area contributed by atoms with Gasteiger partial charge in [0.15, 0.2) is 5.69 Å². The van der Waals surface area contributed by atoms with Gasteiger partial charge in [0.05, 0.1) is 18.7 Å². The first-order valence-electron chi connectivity index (χ1n) is 9.53. The Balaban J connectivity index is 1.96. The quantitative estimate of drug-likeness (QED) is 0.521. The SMILES string of the molecule is CCOc1cc(CN(c2cc(C(=O)OC)nc(Cl)n2)C2CCNCC2)ccc1Cl. The van der Waals surface area contributed by atoms with Gasteiger partial charge in [-0.1, -0.05) is 17.7 Å². The summed E-state index contributed by atoms with van der Waals surface area (Å²) in [5.41, 5.74) is 1.15. The minimum Gasteiger partial charge on any atom is -0.492 e. The van der Waals surface area contributed by atoms with Crippen molar-refractivity contribution in [2.75, 3.05) is 31.7 Å². The maximum atomic E-state index is 12.0. The minimum absolute atomic E-state index is 0.00736. The molecule has 0 bridgehead atoms. The molecule has 0 atom stereocenters. The molecular weight excluding hydrogens is 415 g/mol. The summed E-state index contributed by atoms with van der Waals surface area (Å²) in [5, 5.41) is 3.95. The molecule has 0 radical (unpaired) electrons. The molecule has 0 aliphatic carbocycles. The highest BCUT2D eigenvalue weighted by Gasteiger charge is 2.25. The first-order chi connectivity index (χ1) is 14.0. The number of halogens is 2. The van der Waals surface area contributed by atoms with Gasteiger partial charge in [0.1, 0.15) is 11.6 Å². The highest BCUT2D eigenvalue weighted by Crippen LogP contribution is 2.29. The van der Waals surface area contributed by atoms with E-state index in [9.17, 15) is 4.79 Å². The van der Waals surface area contributed by atoms with Crippen LogP contribution in [0.5, 0.6) is 5.75 Å². The van der Waals surface area contributed by atoms with Crippen molar-refractivity contribution < 1.29 is 14.3 Å². The lowest BCUT2D eigenvalue weighted by molar-refractivity contribution is 0.0594. The lowest BCUT2D eigenvalue weighted by Crippen LogP contribution is -2.43. The molecule has 2 heterocycles. The zero-order chi connectivity index (χ0) is 20.8. The van der Waals surface area contributed by atoms with Crippen molar-refractivity contribution in [2.45, 2.75) is 32.4 Å². The summed E-state index contributed by atoms with van der Waals surface area (Å²) in [5.74, 6) is 0.684. The monoisotopic (exact) mass is 438 g/mol. The summed E-state index contributed by atoms with van der Waals surface area (Å²) in [6.07, 6.45) is 1.89. The van der Waals surface area contributed by atoms with Crippen LogP contribution < -0.4 is 15.0 Å². The number of esters is 1. The highest BCUT2D eigenvalue weighted by molar-refractivity contribution is 6.32. The third kappa shape index (κ3) is 5.50. The summed E-state index contributed by atoms with van der Waals surface area (Å²) in [4.78, 5) is 22.5. The number of carbonyl (C=O) groups excluding carboxylic acids is 1. The summed E-state index contributed by atoms with van der Waals surface area (Å²) in [7, 11) is 1.31. The molecule has 1 aliphatic heterocycles. The van der Waals surface area contributed by atoms with Gasteiger partial charge < -0.3 is 19.7 Å². The van der Waals surface area contributed by atoms with E-state index in [0.717, 1.165) is 31.5 Å².